The molecular weight excluding hydrogens is 234 g/mol. The molecule has 1 aliphatic rings. The monoisotopic (exact) mass is 255 g/mol. The molecule has 0 amide bonds. The van der Waals surface area contributed by atoms with Crippen molar-refractivity contribution in [3.05, 3.63) is 16.4 Å². The second-order valence-corrected chi connectivity index (χ2v) is 5.45. The van der Waals surface area contributed by atoms with Crippen molar-refractivity contribution < 1.29 is 0 Å². The number of nitrogens with zero attached hydrogens (tertiary/aromatic N) is 2. The first kappa shape index (κ1) is 12.9. The highest BCUT2D eigenvalue weighted by atomic mass is 35.5. The summed E-state index contributed by atoms with van der Waals surface area (Å²) in [5.41, 5.74) is 2.34. The van der Waals surface area contributed by atoms with Crippen LogP contribution in [-0.4, -0.2) is 22.9 Å². The molecule has 0 bridgehead atoms. The Bertz CT molecular complexity index is 386. The van der Waals surface area contributed by atoms with Gasteiger partial charge in [0.25, 0.3) is 0 Å². The van der Waals surface area contributed by atoms with Crippen LogP contribution in [0.4, 0.5) is 0 Å². The lowest BCUT2D eigenvalue weighted by atomic mass is 9.71. The van der Waals surface area contributed by atoms with Crippen LogP contribution in [0.5, 0.6) is 0 Å². The van der Waals surface area contributed by atoms with Crippen molar-refractivity contribution in [1.82, 2.24) is 15.1 Å². The molecule has 0 saturated heterocycles. The molecule has 1 fully saturated rings. The molecule has 1 heterocycles. The van der Waals surface area contributed by atoms with Crippen LogP contribution in [0.25, 0.3) is 0 Å². The SMILES string of the molecule is CCNCC1CCC1Cc1c(C)nn(C)c1Cl. The van der Waals surface area contributed by atoms with E-state index in [1.165, 1.54) is 18.4 Å². The zero-order chi connectivity index (χ0) is 12.4. The van der Waals surface area contributed by atoms with E-state index in [0.717, 1.165) is 42.2 Å². The van der Waals surface area contributed by atoms with Crippen LogP contribution in [0.2, 0.25) is 5.15 Å². The topological polar surface area (TPSA) is 29.9 Å². The molecule has 2 atom stereocenters. The summed E-state index contributed by atoms with van der Waals surface area (Å²) in [5.74, 6) is 1.61. The molecule has 1 aromatic heterocycles. The summed E-state index contributed by atoms with van der Waals surface area (Å²) < 4.78 is 1.78. The molecule has 0 spiro atoms. The molecular formula is C13H22ClN3. The largest absolute Gasteiger partial charge is 0.317 e. The molecule has 3 nitrogen and oxygen atoms in total. The molecule has 96 valence electrons. The fourth-order valence-electron chi connectivity index (χ4n) is 2.67. The molecule has 1 saturated carbocycles. The van der Waals surface area contributed by atoms with Crippen LogP contribution in [-0.2, 0) is 13.5 Å². The lowest BCUT2D eigenvalue weighted by molar-refractivity contribution is 0.171. The zero-order valence-corrected chi connectivity index (χ0v) is 11.7. The molecule has 1 aliphatic carbocycles. The van der Waals surface area contributed by atoms with Gasteiger partial charge in [0.1, 0.15) is 5.15 Å². The van der Waals surface area contributed by atoms with Crippen LogP contribution >= 0.6 is 11.6 Å². The van der Waals surface area contributed by atoms with Crippen LogP contribution in [0, 0.1) is 18.8 Å². The summed E-state index contributed by atoms with van der Waals surface area (Å²) >= 11 is 6.28. The van der Waals surface area contributed by atoms with Crippen molar-refractivity contribution in [2.75, 3.05) is 13.1 Å². The van der Waals surface area contributed by atoms with Crippen LogP contribution in [0.3, 0.4) is 0 Å². The lowest BCUT2D eigenvalue weighted by Gasteiger charge is -2.37. The van der Waals surface area contributed by atoms with E-state index in [9.17, 15) is 0 Å². The standard InChI is InChI=1S/C13H22ClN3/c1-4-15-8-11-6-5-10(11)7-12-9(2)16-17(3)13(12)14/h10-11,15H,4-8H2,1-3H3. The number of rotatable bonds is 5. The number of aryl methyl sites for hydroxylation is 2. The summed E-state index contributed by atoms with van der Waals surface area (Å²) in [7, 11) is 1.91. The van der Waals surface area contributed by atoms with Crippen molar-refractivity contribution in [1.29, 1.82) is 0 Å². The molecule has 17 heavy (non-hydrogen) atoms. The minimum Gasteiger partial charge on any atom is -0.317 e. The molecule has 1 aromatic rings. The third kappa shape index (κ3) is 2.66. The fraction of sp³-hybridized carbons (Fsp3) is 0.769. The predicted molar refractivity (Wildman–Crippen MR) is 71.4 cm³/mol. The van der Waals surface area contributed by atoms with Crippen LogP contribution in [0.1, 0.15) is 31.0 Å². The average molecular weight is 256 g/mol. The number of nitrogens with one attached hydrogen (secondary N) is 1. The van der Waals surface area contributed by atoms with E-state index in [0.29, 0.717) is 0 Å². The predicted octanol–water partition coefficient (Wildman–Crippen LogP) is 2.56. The van der Waals surface area contributed by atoms with E-state index in [1.54, 1.807) is 4.68 Å². The van der Waals surface area contributed by atoms with Gasteiger partial charge in [-0.25, -0.2) is 0 Å². The lowest BCUT2D eigenvalue weighted by Crippen LogP contribution is -2.36. The Labute approximate surface area is 109 Å². The van der Waals surface area contributed by atoms with Crippen molar-refractivity contribution in [2.45, 2.75) is 33.1 Å². The quantitative estimate of drug-likeness (QED) is 0.877. The second kappa shape index (κ2) is 5.40. The van der Waals surface area contributed by atoms with Gasteiger partial charge in [-0.3, -0.25) is 4.68 Å². The Morgan fingerprint density at radius 2 is 2.12 bits per heavy atom. The van der Waals surface area contributed by atoms with Gasteiger partial charge in [0.05, 0.1) is 5.69 Å². The Morgan fingerprint density at radius 3 is 2.59 bits per heavy atom. The van der Waals surface area contributed by atoms with Gasteiger partial charge >= 0.3 is 0 Å². The Kier molecular flexibility index (Phi) is 4.10. The minimum absolute atomic E-state index is 0.787. The van der Waals surface area contributed by atoms with E-state index in [4.69, 9.17) is 11.6 Å². The van der Waals surface area contributed by atoms with Crippen LogP contribution < -0.4 is 5.32 Å². The first-order valence-corrected chi connectivity index (χ1v) is 6.90. The van der Waals surface area contributed by atoms with Gasteiger partial charge in [0.15, 0.2) is 0 Å². The first-order chi connectivity index (χ1) is 8.13. The highest BCUT2D eigenvalue weighted by Gasteiger charge is 2.31. The summed E-state index contributed by atoms with van der Waals surface area (Å²) in [6.07, 6.45) is 3.78. The number of hydrogen-bond donors (Lipinski definition) is 1. The highest BCUT2D eigenvalue weighted by Crippen LogP contribution is 2.38. The molecule has 4 heteroatoms. The number of halogens is 1. The molecule has 2 unspecified atom stereocenters. The Balaban J connectivity index is 1.96. The summed E-state index contributed by atoms with van der Waals surface area (Å²) in [5, 5.41) is 8.64. The van der Waals surface area contributed by atoms with Gasteiger partial charge in [0.2, 0.25) is 0 Å². The highest BCUT2D eigenvalue weighted by molar-refractivity contribution is 6.30. The minimum atomic E-state index is 0.787. The Morgan fingerprint density at radius 1 is 1.41 bits per heavy atom. The normalized spacial score (nSPS) is 23.8. The van der Waals surface area contributed by atoms with Gasteiger partial charge in [-0.05, 0) is 51.1 Å². The maximum absolute atomic E-state index is 6.28. The average Bonchev–Trinajstić information content (AvgIpc) is 2.50. The first-order valence-electron chi connectivity index (χ1n) is 6.52. The number of hydrogen-bond acceptors (Lipinski definition) is 2. The van der Waals surface area contributed by atoms with Crippen molar-refractivity contribution >= 4 is 11.6 Å². The second-order valence-electron chi connectivity index (χ2n) is 5.09. The summed E-state index contributed by atoms with van der Waals surface area (Å²) in [4.78, 5) is 0. The van der Waals surface area contributed by atoms with Gasteiger partial charge in [-0.15, -0.1) is 0 Å². The maximum Gasteiger partial charge on any atom is 0.130 e. The van der Waals surface area contributed by atoms with E-state index >= 15 is 0 Å². The van der Waals surface area contributed by atoms with Crippen molar-refractivity contribution in [3.8, 4) is 0 Å². The third-order valence-electron chi connectivity index (χ3n) is 3.97. The van der Waals surface area contributed by atoms with Gasteiger partial charge < -0.3 is 5.32 Å². The van der Waals surface area contributed by atoms with Gasteiger partial charge in [-0.2, -0.15) is 5.10 Å². The summed E-state index contributed by atoms with van der Waals surface area (Å²) in [6.45, 7) is 6.43. The fourth-order valence-corrected chi connectivity index (χ4v) is 2.92. The Hall–Kier alpha value is -0.540. The smallest absolute Gasteiger partial charge is 0.130 e. The molecule has 1 N–H and O–H groups in total. The van der Waals surface area contributed by atoms with Crippen LogP contribution in [0.15, 0.2) is 0 Å². The van der Waals surface area contributed by atoms with Gasteiger partial charge in [-0.1, -0.05) is 18.5 Å². The zero-order valence-electron chi connectivity index (χ0n) is 11.0. The van der Waals surface area contributed by atoms with Crippen molar-refractivity contribution in [3.63, 3.8) is 0 Å². The van der Waals surface area contributed by atoms with Crippen molar-refractivity contribution in [2.24, 2.45) is 18.9 Å². The molecule has 2 rings (SSSR count). The van der Waals surface area contributed by atoms with E-state index in [-0.39, 0.29) is 0 Å². The molecule has 0 radical (unpaired) electrons. The molecule has 0 aliphatic heterocycles. The van der Waals surface area contributed by atoms with E-state index in [1.807, 2.05) is 7.05 Å². The van der Waals surface area contributed by atoms with Gasteiger partial charge in [0, 0.05) is 12.6 Å². The molecule has 0 aromatic carbocycles. The van der Waals surface area contributed by atoms with E-state index in [2.05, 4.69) is 24.3 Å². The third-order valence-corrected chi connectivity index (χ3v) is 4.44. The van der Waals surface area contributed by atoms with E-state index < -0.39 is 0 Å². The summed E-state index contributed by atoms with van der Waals surface area (Å²) in [6, 6.07) is 0. The number of aromatic nitrogens is 2. The maximum atomic E-state index is 6.28.